The molecule has 3 fully saturated rings. The fourth-order valence-corrected chi connectivity index (χ4v) is 6.93. The summed E-state index contributed by atoms with van der Waals surface area (Å²) < 4.78 is 17.6. The highest BCUT2D eigenvalue weighted by molar-refractivity contribution is 5.95. The van der Waals surface area contributed by atoms with Gasteiger partial charge in [0.2, 0.25) is 5.95 Å². The minimum absolute atomic E-state index is 0.0571. The van der Waals surface area contributed by atoms with E-state index in [1.54, 1.807) is 13.3 Å². The van der Waals surface area contributed by atoms with E-state index in [0.29, 0.717) is 24.6 Å². The zero-order valence-electron chi connectivity index (χ0n) is 28.8. The second-order valence-electron chi connectivity index (χ2n) is 14.0. The van der Waals surface area contributed by atoms with Crippen LogP contribution < -0.4 is 20.0 Å². The molecular weight excluding hydrogens is 610 g/mol. The molecule has 0 radical (unpaired) electrons. The molecule has 0 bridgehead atoms. The predicted octanol–water partition coefficient (Wildman–Crippen LogP) is 3.35. The van der Waals surface area contributed by atoms with Gasteiger partial charge in [0.1, 0.15) is 17.5 Å². The topological polar surface area (TPSA) is 132 Å². The largest absolute Gasteiger partial charge is 0.444 e. The Balaban J connectivity index is 1.07. The van der Waals surface area contributed by atoms with Gasteiger partial charge in [-0.1, -0.05) is 0 Å². The summed E-state index contributed by atoms with van der Waals surface area (Å²) in [6, 6.07) is 12.0. The monoisotopic (exact) mass is 657 g/mol. The molecule has 0 spiro atoms. The highest BCUT2D eigenvalue weighted by Gasteiger charge is 2.37. The molecule has 6 rings (SSSR count). The maximum atomic E-state index is 12.5. The highest BCUT2D eigenvalue weighted by atomic mass is 16.6. The van der Waals surface area contributed by atoms with Gasteiger partial charge in [-0.3, -0.25) is 9.88 Å². The molecule has 1 aromatic carbocycles. The van der Waals surface area contributed by atoms with Gasteiger partial charge >= 0.3 is 6.09 Å². The van der Waals surface area contributed by atoms with Gasteiger partial charge in [0.25, 0.3) is 0 Å². The number of alkyl carbamates (subject to hydrolysis) is 1. The Labute approximate surface area is 282 Å². The minimum atomic E-state index is -0.578. The van der Waals surface area contributed by atoms with Gasteiger partial charge in [-0.05, 0) is 58.9 Å². The summed E-state index contributed by atoms with van der Waals surface area (Å²) in [6.45, 7) is 16.6. The molecule has 3 aromatic rings. The number of morpholine rings is 1. The van der Waals surface area contributed by atoms with Crippen LogP contribution in [0, 0.1) is 18.3 Å². The third-order valence-corrected chi connectivity index (χ3v) is 9.08. The van der Waals surface area contributed by atoms with Crippen LogP contribution in [0.25, 0.3) is 10.9 Å². The van der Waals surface area contributed by atoms with Crippen molar-refractivity contribution in [1.82, 2.24) is 25.2 Å². The van der Waals surface area contributed by atoms with Crippen molar-refractivity contribution in [2.24, 2.45) is 0 Å². The summed E-state index contributed by atoms with van der Waals surface area (Å²) in [5.41, 5.74) is 2.75. The molecule has 3 aliphatic rings. The average Bonchev–Trinajstić information content (AvgIpc) is 3.45. The average molecular weight is 658 g/mol. The third kappa shape index (κ3) is 7.72. The number of benzene rings is 1. The standard InChI is InChI=1S/C35H47N9O4/c1-23-16-31(40-33(38-23)44-21-28(30(22-44)46-6)39-34(45)48-35(3,4)5)42-14-12-41(13-15-42)19-26-20-43(18-24(2)47-26)29-10-9-25(17-36)32-27(29)8-7-11-37-32/h7-11,16,24,26,28,30H,12-15,18-22H2,1-6H3,(H,39,45)/t24-,26+,28-,30+/m1/s1. The molecule has 13 heteroatoms. The number of piperazine rings is 1. The van der Waals surface area contributed by atoms with E-state index >= 15 is 0 Å². The number of amides is 1. The molecular formula is C35H47N9O4. The van der Waals surface area contributed by atoms with Crippen molar-refractivity contribution in [3.8, 4) is 6.07 Å². The number of nitrogens with zero attached hydrogens (tertiary/aromatic N) is 8. The second kappa shape index (κ2) is 14.1. The zero-order valence-corrected chi connectivity index (χ0v) is 28.8. The van der Waals surface area contributed by atoms with Gasteiger partial charge in [0.05, 0.1) is 35.4 Å². The van der Waals surface area contributed by atoms with Crippen molar-refractivity contribution in [1.29, 1.82) is 5.26 Å². The molecule has 5 heterocycles. The van der Waals surface area contributed by atoms with Crippen molar-refractivity contribution in [3.05, 3.63) is 47.8 Å². The summed E-state index contributed by atoms with van der Waals surface area (Å²) in [5.74, 6) is 1.54. The first kappa shape index (κ1) is 33.6. The maximum absolute atomic E-state index is 12.5. The molecule has 3 aliphatic heterocycles. The molecule has 1 amide bonds. The predicted molar refractivity (Wildman–Crippen MR) is 185 cm³/mol. The van der Waals surface area contributed by atoms with E-state index in [1.807, 2.05) is 58.0 Å². The normalized spacial score (nSPS) is 23.7. The lowest BCUT2D eigenvalue weighted by molar-refractivity contribution is -0.0327. The highest BCUT2D eigenvalue weighted by Crippen LogP contribution is 2.31. The molecule has 48 heavy (non-hydrogen) atoms. The van der Waals surface area contributed by atoms with E-state index in [2.05, 4.69) is 42.9 Å². The quantitative estimate of drug-likeness (QED) is 0.400. The molecule has 0 saturated carbocycles. The van der Waals surface area contributed by atoms with Gasteiger partial charge in [0, 0.05) is 95.0 Å². The van der Waals surface area contributed by atoms with Crippen LogP contribution in [-0.4, -0.2) is 122 Å². The molecule has 4 atom stereocenters. The lowest BCUT2D eigenvalue weighted by Gasteiger charge is -2.42. The Morgan fingerprint density at radius 2 is 1.85 bits per heavy atom. The van der Waals surface area contributed by atoms with Crippen LogP contribution in [0.4, 0.5) is 22.2 Å². The molecule has 13 nitrogen and oxygen atoms in total. The van der Waals surface area contributed by atoms with Gasteiger partial charge in [0.15, 0.2) is 0 Å². The van der Waals surface area contributed by atoms with Crippen LogP contribution in [0.15, 0.2) is 36.5 Å². The molecule has 0 aliphatic carbocycles. The molecule has 0 unspecified atom stereocenters. The number of hydrogen-bond acceptors (Lipinski definition) is 12. The molecule has 256 valence electrons. The Morgan fingerprint density at radius 1 is 1.06 bits per heavy atom. The number of methoxy groups -OCH3 is 1. The first-order valence-corrected chi connectivity index (χ1v) is 16.8. The number of anilines is 3. The Hall–Kier alpha value is -4.25. The first-order chi connectivity index (χ1) is 23.0. The smallest absolute Gasteiger partial charge is 0.408 e. The number of aromatic nitrogens is 3. The molecule has 1 N–H and O–H groups in total. The first-order valence-electron chi connectivity index (χ1n) is 16.8. The number of pyridine rings is 1. The van der Waals surface area contributed by atoms with Gasteiger partial charge in [-0.25, -0.2) is 9.78 Å². The zero-order chi connectivity index (χ0) is 34.0. The van der Waals surface area contributed by atoms with Crippen LogP contribution in [-0.2, 0) is 14.2 Å². The van der Waals surface area contributed by atoms with Crippen molar-refractivity contribution in [2.75, 3.05) is 80.7 Å². The number of nitrogens with one attached hydrogen (secondary N) is 1. The fraction of sp³-hybridized carbons (Fsp3) is 0.571. The number of carbonyl (C=O) groups excluding carboxylic acids is 1. The van der Waals surface area contributed by atoms with E-state index in [1.165, 1.54) is 0 Å². The van der Waals surface area contributed by atoms with Gasteiger partial charge in [-0.15, -0.1) is 0 Å². The van der Waals surface area contributed by atoms with Crippen LogP contribution in [0.3, 0.4) is 0 Å². The Kier molecular flexibility index (Phi) is 9.87. The summed E-state index contributed by atoms with van der Waals surface area (Å²) in [5, 5.41) is 13.6. The number of rotatable bonds is 7. The van der Waals surface area contributed by atoms with Crippen molar-refractivity contribution in [3.63, 3.8) is 0 Å². The van der Waals surface area contributed by atoms with E-state index in [0.717, 1.165) is 73.9 Å². The number of ether oxygens (including phenoxy) is 3. The van der Waals surface area contributed by atoms with E-state index in [9.17, 15) is 10.1 Å². The van der Waals surface area contributed by atoms with Crippen LogP contribution in [0.5, 0.6) is 0 Å². The van der Waals surface area contributed by atoms with Gasteiger partial charge in [-0.2, -0.15) is 10.2 Å². The second-order valence-corrected chi connectivity index (χ2v) is 14.0. The van der Waals surface area contributed by atoms with Gasteiger partial charge < -0.3 is 34.2 Å². The lowest BCUT2D eigenvalue weighted by Crippen LogP contribution is -2.54. The van der Waals surface area contributed by atoms with Crippen molar-refractivity contribution < 1.29 is 19.0 Å². The molecule has 2 aromatic heterocycles. The SMILES string of the molecule is CO[C@H]1CN(c2nc(C)cc(N3CCN(C[C@H]4CN(c5ccc(C#N)c6ncccc56)C[C@@H](C)O4)CC3)n2)C[C@H]1NC(=O)OC(C)(C)C. The minimum Gasteiger partial charge on any atom is -0.444 e. The fourth-order valence-electron chi connectivity index (χ4n) is 6.93. The summed E-state index contributed by atoms with van der Waals surface area (Å²) in [6.07, 6.45) is 1.22. The summed E-state index contributed by atoms with van der Waals surface area (Å²) in [7, 11) is 1.66. The van der Waals surface area contributed by atoms with E-state index in [-0.39, 0.29) is 24.4 Å². The number of carbonyl (C=O) groups is 1. The Bertz CT molecular complexity index is 1650. The Morgan fingerprint density at radius 3 is 2.58 bits per heavy atom. The van der Waals surface area contributed by atoms with E-state index < -0.39 is 11.7 Å². The number of aryl methyl sites for hydroxylation is 1. The summed E-state index contributed by atoms with van der Waals surface area (Å²) >= 11 is 0. The lowest BCUT2D eigenvalue weighted by atomic mass is 10.1. The summed E-state index contributed by atoms with van der Waals surface area (Å²) in [4.78, 5) is 36.0. The van der Waals surface area contributed by atoms with Crippen LogP contribution >= 0.6 is 0 Å². The maximum Gasteiger partial charge on any atom is 0.408 e. The number of hydrogen-bond donors (Lipinski definition) is 1. The number of fused-ring (bicyclic) bond motifs is 1. The number of nitriles is 1. The van der Waals surface area contributed by atoms with Crippen LogP contribution in [0.1, 0.15) is 39.0 Å². The van der Waals surface area contributed by atoms with Crippen LogP contribution in [0.2, 0.25) is 0 Å². The van der Waals surface area contributed by atoms with E-state index in [4.69, 9.17) is 24.2 Å². The third-order valence-electron chi connectivity index (χ3n) is 9.08. The van der Waals surface area contributed by atoms with Crippen molar-refractivity contribution >= 4 is 34.4 Å². The van der Waals surface area contributed by atoms with Crippen molar-refractivity contribution in [2.45, 2.75) is 64.6 Å². The molecule has 3 saturated heterocycles.